The zero-order chi connectivity index (χ0) is 26.3. The summed E-state index contributed by atoms with van der Waals surface area (Å²) in [5.74, 6) is -0.944. The van der Waals surface area contributed by atoms with Crippen LogP contribution in [-0.2, 0) is 20.8 Å². The van der Waals surface area contributed by atoms with Crippen LogP contribution in [0.4, 0.5) is 0 Å². The zero-order valence-corrected chi connectivity index (χ0v) is 21.9. The first-order chi connectivity index (χ1) is 17.1. The first-order valence-corrected chi connectivity index (χ1v) is 12.8. The summed E-state index contributed by atoms with van der Waals surface area (Å²) in [5.41, 5.74) is 1.07. The Morgan fingerprint density at radius 1 is 1.14 bits per heavy atom. The largest absolute Gasteiger partial charge is 0.496 e. The standard InChI is InChI=1S/C27H35N3O5S/c1-17(2)14-23(36)24(31)30-27(12-6-7-13-27)26(34)29-21(25(32)33)15-18-10-11-20(28-16-18)19-8-4-5-9-22(19)35-3/h4-5,8-11,16-17,21,23,36H,6-7,12-15H2,1-3H3,(H,29,34)(H,30,31)(H,32,33)/t21?,23-/m0/s1. The molecule has 1 fully saturated rings. The number of para-hydroxylation sites is 1. The van der Waals surface area contributed by atoms with Crippen LogP contribution in [-0.4, -0.2) is 51.8 Å². The average Bonchev–Trinajstić information content (AvgIpc) is 3.33. The van der Waals surface area contributed by atoms with Gasteiger partial charge >= 0.3 is 5.97 Å². The number of hydrogen-bond acceptors (Lipinski definition) is 6. The van der Waals surface area contributed by atoms with Crippen molar-refractivity contribution in [2.45, 2.75) is 69.2 Å². The van der Waals surface area contributed by atoms with Gasteiger partial charge in [0.2, 0.25) is 11.8 Å². The average molecular weight is 514 g/mol. The third kappa shape index (κ3) is 6.78. The van der Waals surface area contributed by atoms with Crippen molar-refractivity contribution in [3.05, 3.63) is 48.2 Å². The third-order valence-corrected chi connectivity index (χ3v) is 6.95. The zero-order valence-electron chi connectivity index (χ0n) is 21.0. The topological polar surface area (TPSA) is 118 Å². The molecule has 1 aromatic carbocycles. The first kappa shape index (κ1) is 27.5. The minimum Gasteiger partial charge on any atom is -0.496 e. The van der Waals surface area contributed by atoms with Gasteiger partial charge in [0.25, 0.3) is 0 Å². The Balaban J connectivity index is 1.71. The SMILES string of the molecule is COc1ccccc1-c1ccc(CC(NC(=O)C2(NC(=O)[C@@H](S)CC(C)C)CCCC2)C(=O)O)cn1. The molecular weight excluding hydrogens is 478 g/mol. The van der Waals surface area contributed by atoms with Crippen molar-refractivity contribution in [2.24, 2.45) is 5.92 Å². The molecule has 2 aromatic rings. The second kappa shape index (κ2) is 12.3. The van der Waals surface area contributed by atoms with E-state index in [0.29, 0.717) is 36.3 Å². The van der Waals surface area contributed by atoms with E-state index < -0.39 is 28.7 Å². The van der Waals surface area contributed by atoms with Gasteiger partial charge in [-0.1, -0.05) is 44.9 Å². The number of pyridine rings is 1. The number of nitrogens with zero attached hydrogens (tertiary/aromatic N) is 1. The van der Waals surface area contributed by atoms with Gasteiger partial charge in [0.05, 0.1) is 18.1 Å². The highest BCUT2D eigenvalue weighted by Crippen LogP contribution is 2.31. The van der Waals surface area contributed by atoms with E-state index in [1.54, 1.807) is 25.4 Å². The third-order valence-electron chi connectivity index (χ3n) is 6.50. The number of nitrogens with one attached hydrogen (secondary N) is 2. The van der Waals surface area contributed by atoms with Gasteiger partial charge in [0.1, 0.15) is 17.3 Å². The molecule has 2 amide bonds. The minimum atomic E-state index is -1.16. The van der Waals surface area contributed by atoms with Crippen molar-refractivity contribution in [3.8, 4) is 17.0 Å². The fourth-order valence-electron chi connectivity index (χ4n) is 4.55. The summed E-state index contributed by atoms with van der Waals surface area (Å²) in [6.07, 6.45) is 4.74. The molecule has 2 atom stereocenters. The van der Waals surface area contributed by atoms with E-state index in [2.05, 4.69) is 28.2 Å². The number of methoxy groups -OCH3 is 1. The van der Waals surface area contributed by atoms with E-state index in [1.165, 1.54) is 0 Å². The summed E-state index contributed by atoms with van der Waals surface area (Å²) < 4.78 is 5.39. The molecule has 1 aromatic heterocycles. The number of aliphatic carboxylic acids is 1. The van der Waals surface area contributed by atoms with Crippen LogP contribution in [0.2, 0.25) is 0 Å². The van der Waals surface area contributed by atoms with Gasteiger partial charge in [-0.25, -0.2) is 4.79 Å². The monoisotopic (exact) mass is 513 g/mol. The predicted molar refractivity (Wildman–Crippen MR) is 141 cm³/mol. The molecule has 36 heavy (non-hydrogen) atoms. The second-order valence-corrected chi connectivity index (χ2v) is 10.4. The number of thiol groups is 1. The van der Waals surface area contributed by atoms with E-state index >= 15 is 0 Å². The normalized spacial score (nSPS) is 16.2. The lowest BCUT2D eigenvalue weighted by atomic mass is 9.94. The van der Waals surface area contributed by atoms with E-state index in [4.69, 9.17) is 4.74 Å². The number of rotatable bonds is 11. The lowest BCUT2D eigenvalue weighted by Crippen LogP contribution is -2.61. The van der Waals surface area contributed by atoms with Crippen LogP contribution in [0, 0.1) is 5.92 Å². The van der Waals surface area contributed by atoms with Gasteiger partial charge in [-0.2, -0.15) is 12.6 Å². The molecule has 9 heteroatoms. The maximum absolute atomic E-state index is 13.3. The maximum atomic E-state index is 13.3. The van der Waals surface area contributed by atoms with Crippen LogP contribution >= 0.6 is 12.6 Å². The molecule has 1 aliphatic rings. The minimum absolute atomic E-state index is 0.0623. The van der Waals surface area contributed by atoms with Crippen LogP contribution in [0.25, 0.3) is 11.3 Å². The number of carbonyl (C=O) groups is 3. The maximum Gasteiger partial charge on any atom is 0.326 e. The molecular formula is C27H35N3O5S. The van der Waals surface area contributed by atoms with Gasteiger partial charge in [-0.3, -0.25) is 14.6 Å². The highest BCUT2D eigenvalue weighted by molar-refractivity contribution is 7.81. The van der Waals surface area contributed by atoms with Crippen LogP contribution in [0.3, 0.4) is 0 Å². The van der Waals surface area contributed by atoms with Crippen LogP contribution in [0.15, 0.2) is 42.6 Å². The Kier molecular flexibility index (Phi) is 9.37. The molecule has 3 N–H and O–H groups in total. The highest BCUT2D eigenvalue weighted by Gasteiger charge is 2.44. The van der Waals surface area contributed by atoms with E-state index in [9.17, 15) is 19.5 Å². The number of ether oxygens (including phenoxy) is 1. The molecule has 194 valence electrons. The number of carboxylic acid groups (broad SMARTS) is 1. The molecule has 1 heterocycles. The lowest BCUT2D eigenvalue weighted by molar-refractivity contribution is -0.143. The first-order valence-electron chi connectivity index (χ1n) is 12.3. The molecule has 8 nitrogen and oxygen atoms in total. The number of carbonyl (C=O) groups excluding carboxylic acids is 2. The molecule has 0 spiro atoms. The number of amides is 2. The Morgan fingerprint density at radius 2 is 1.83 bits per heavy atom. The van der Waals surface area contributed by atoms with Crippen molar-refractivity contribution in [1.82, 2.24) is 15.6 Å². The van der Waals surface area contributed by atoms with Gasteiger partial charge in [0, 0.05) is 18.2 Å². The lowest BCUT2D eigenvalue weighted by Gasteiger charge is -2.31. The molecule has 1 saturated carbocycles. The van der Waals surface area contributed by atoms with Gasteiger partial charge in [-0.15, -0.1) is 0 Å². The Hall–Kier alpha value is -3.07. The molecule has 0 aliphatic heterocycles. The second-order valence-electron chi connectivity index (χ2n) is 9.74. The van der Waals surface area contributed by atoms with Crippen LogP contribution in [0.1, 0.15) is 51.5 Å². The number of hydrogen-bond donors (Lipinski definition) is 4. The van der Waals surface area contributed by atoms with Crippen molar-refractivity contribution in [3.63, 3.8) is 0 Å². The van der Waals surface area contributed by atoms with Gasteiger partial charge in [-0.05, 0) is 48.9 Å². The van der Waals surface area contributed by atoms with E-state index in [-0.39, 0.29) is 18.2 Å². The number of benzene rings is 1. The summed E-state index contributed by atoms with van der Waals surface area (Å²) >= 11 is 4.41. The Labute approximate surface area is 217 Å². The Bertz CT molecular complexity index is 1070. The molecule has 0 bridgehead atoms. The smallest absolute Gasteiger partial charge is 0.326 e. The molecule has 3 rings (SSSR count). The Morgan fingerprint density at radius 3 is 2.42 bits per heavy atom. The quantitative estimate of drug-likeness (QED) is 0.341. The summed E-state index contributed by atoms with van der Waals surface area (Å²) in [4.78, 5) is 42.6. The molecule has 0 radical (unpaired) electrons. The highest BCUT2D eigenvalue weighted by atomic mass is 32.1. The van der Waals surface area contributed by atoms with E-state index in [1.807, 2.05) is 38.1 Å². The summed E-state index contributed by atoms with van der Waals surface area (Å²) in [7, 11) is 1.59. The predicted octanol–water partition coefficient (Wildman–Crippen LogP) is 3.64. The van der Waals surface area contributed by atoms with Crippen molar-refractivity contribution >= 4 is 30.4 Å². The fraction of sp³-hybridized carbons (Fsp3) is 0.481. The summed E-state index contributed by atoms with van der Waals surface area (Å²) in [6.45, 7) is 4.01. The fourth-order valence-corrected chi connectivity index (χ4v) is 5.04. The van der Waals surface area contributed by atoms with E-state index in [0.717, 1.165) is 18.4 Å². The molecule has 1 unspecified atom stereocenters. The molecule has 1 aliphatic carbocycles. The van der Waals surface area contributed by atoms with Crippen molar-refractivity contribution in [2.75, 3.05) is 7.11 Å². The molecule has 0 saturated heterocycles. The van der Waals surface area contributed by atoms with Gasteiger partial charge in [0.15, 0.2) is 0 Å². The number of aromatic nitrogens is 1. The van der Waals surface area contributed by atoms with Crippen LogP contribution < -0.4 is 15.4 Å². The number of carboxylic acids is 1. The summed E-state index contributed by atoms with van der Waals surface area (Å²) in [6, 6.07) is 9.94. The van der Waals surface area contributed by atoms with Crippen molar-refractivity contribution < 1.29 is 24.2 Å². The van der Waals surface area contributed by atoms with Crippen LogP contribution in [0.5, 0.6) is 5.75 Å². The van der Waals surface area contributed by atoms with Gasteiger partial charge < -0.3 is 20.5 Å². The van der Waals surface area contributed by atoms with Crippen molar-refractivity contribution in [1.29, 1.82) is 0 Å². The summed E-state index contributed by atoms with van der Waals surface area (Å²) in [5, 5.41) is 14.9.